The van der Waals surface area contributed by atoms with Crippen molar-refractivity contribution in [1.82, 2.24) is 20.1 Å². The van der Waals surface area contributed by atoms with E-state index < -0.39 is 0 Å². The Labute approximate surface area is 275 Å². The van der Waals surface area contributed by atoms with Crippen LogP contribution in [0.4, 0.5) is 0 Å². The van der Waals surface area contributed by atoms with Gasteiger partial charge in [0.2, 0.25) is 6.79 Å². The van der Waals surface area contributed by atoms with Gasteiger partial charge in [-0.3, -0.25) is 4.79 Å². The Morgan fingerprint density at radius 3 is 2.37 bits per heavy atom. The van der Waals surface area contributed by atoms with Crippen LogP contribution in [-0.4, -0.2) is 72.3 Å². The lowest BCUT2D eigenvalue weighted by Crippen LogP contribution is -2.46. The van der Waals surface area contributed by atoms with Gasteiger partial charge in [0.15, 0.2) is 11.5 Å². The number of carbonyl (C=O) groups excluding carboxylic acids is 1. The maximum Gasteiger partial charge on any atom is 0.252 e. The summed E-state index contributed by atoms with van der Waals surface area (Å²) in [5.41, 5.74) is 4.55. The molecular weight excluding hydrogens is 572 g/mol. The van der Waals surface area contributed by atoms with Crippen molar-refractivity contribution in [3.05, 3.63) is 53.6 Å². The molecule has 246 valence electrons. The summed E-state index contributed by atoms with van der Waals surface area (Å²) in [7, 11) is 0. The van der Waals surface area contributed by atoms with E-state index in [0.717, 1.165) is 65.1 Å². The Kier molecular flexibility index (Phi) is 10.1. The summed E-state index contributed by atoms with van der Waals surface area (Å²) >= 11 is 0. The highest BCUT2D eigenvalue weighted by atomic mass is 16.7. The molecule has 2 aromatic carbocycles. The van der Waals surface area contributed by atoms with Gasteiger partial charge >= 0.3 is 0 Å². The minimum atomic E-state index is 0.0261. The van der Waals surface area contributed by atoms with Crippen molar-refractivity contribution in [3.8, 4) is 22.8 Å². The fourth-order valence-corrected chi connectivity index (χ4v) is 8.63. The predicted molar refractivity (Wildman–Crippen MR) is 185 cm³/mol. The molecule has 1 aromatic heterocycles. The molecule has 4 aliphatic rings. The first kappa shape index (κ1) is 31.4. The molecule has 7 heteroatoms. The van der Waals surface area contributed by atoms with Gasteiger partial charge in [-0.15, -0.1) is 0 Å². The molecule has 2 saturated heterocycles. The van der Waals surface area contributed by atoms with E-state index in [0.29, 0.717) is 17.4 Å². The molecule has 1 atom stereocenters. The van der Waals surface area contributed by atoms with Crippen molar-refractivity contribution in [2.45, 2.75) is 102 Å². The van der Waals surface area contributed by atoms with Crippen LogP contribution in [0.1, 0.15) is 99.9 Å². The number of aromatic nitrogens is 1. The number of nitrogens with zero attached hydrogens (tertiary/aromatic N) is 3. The second kappa shape index (κ2) is 14.7. The molecule has 1 amide bonds. The minimum absolute atomic E-state index is 0.0261. The first-order chi connectivity index (χ1) is 22.7. The number of ether oxygens (including phenoxy) is 2. The third kappa shape index (κ3) is 6.91. The van der Waals surface area contributed by atoms with Crippen molar-refractivity contribution in [3.63, 3.8) is 0 Å². The van der Waals surface area contributed by atoms with Gasteiger partial charge in [0.1, 0.15) is 0 Å². The highest BCUT2D eigenvalue weighted by Gasteiger charge is 2.30. The Bertz CT molecular complexity index is 1470. The molecule has 3 aromatic rings. The van der Waals surface area contributed by atoms with Gasteiger partial charge in [-0.1, -0.05) is 62.9 Å². The highest BCUT2D eigenvalue weighted by Crippen LogP contribution is 2.40. The molecule has 4 heterocycles. The van der Waals surface area contributed by atoms with E-state index in [9.17, 15) is 4.79 Å². The smallest absolute Gasteiger partial charge is 0.252 e. The molecule has 3 aliphatic heterocycles. The summed E-state index contributed by atoms with van der Waals surface area (Å²) in [4.78, 5) is 25.2. The number of hydrogen-bond donors (Lipinski definition) is 1. The largest absolute Gasteiger partial charge is 0.454 e. The van der Waals surface area contributed by atoms with Crippen molar-refractivity contribution in [2.24, 2.45) is 5.92 Å². The highest BCUT2D eigenvalue weighted by molar-refractivity contribution is 6.09. The number of piperidine rings is 2. The molecular formula is C39H52N4O3. The number of likely N-dealkylation sites (tertiary alicyclic amines) is 2. The van der Waals surface area contributed by atoms with Gasteiger partial charge in [-0.25, -0.2) is 4.98 Å². The van der Waals surface area contributed by atoms with E-state index in [1.807, 2.05) is 18.2 Å². The number of fused-ring (bicyclic) bond motifs is 2. The van der Waals surface area contributed by atoms with Crippen molar-refractivity contribution < 1.29 is 14.3 Å². The third-order valence-corrected chi connectivity index (χ3v) is 11.2. The summed E-state index contributed by atoms with van der Waals surface area (Å²) < 4.78 is 11.6. The van der Waals surface area contributed by atoms with E-state index in [1.54, 1.807) is 0 Å². The number of benzene rings is 2. The lowest BCUT2D eigenvalue weighted by molar-refractivity contribution is 0.0908. The van der Waals surface area contributed by atoms with E-state index in [2.05, 4.69) is 46.3 Å². The van der Waals surface area contributed by atoms with Crippen molar-refractivity contribution in [2.75, 3.05) is 39.5 Å². The second-order valence-electron chi connectivity index (χ2n) is 14.1. The molecule has 1 aliphatic carbocycles. The normalized spacial score (nSPS) is 20.6. The summed E-state index contributed by atoms with van der Waals surface area (Å²) in [5, 5.41) is 4.41. The fraction of sp³-hybridized carbons (Fsp3) is 0.590. The standard InChI is InChI=1S/C39H52N4O3/c1-2-33(28-13-6-3-7-14-28)41-39(44)37-31(17-12-20-42-23-18-30(19-24-42)43-21-10-5-11-22-43)38(29-15-8-4-9-16-29)40-34-26-36-35(25-32(34)37)45-27-46-36/h4,8-9,15-16,25-26,28,30,33H,2-3,5-7,10-14,17-24,27H2,1H3,(H,41,44)/t33-/m0/s1. The van der Waals surface area contributed by atoms with Crippen LogP contribution in [0.25, 0.3) is 22.2 Å². The topological polar surface area (TPSA) is 66.9 Å². The number of pyridine rings is 1. The van der Waals surface area contributed by atoms with Crippen LogP contribution in [0.15, 0.2) is 42.5 Å². The number of nitrogens with one attached hydrogen (secondary N) is 1. The molecule has 1 N–H and O–H groups in total. The quantitative estimate of drug-likeness (QED) is 0.251. The zero-order valence-electron chi connectivity index (χ0n) is 27.8. The molecule has 0 bridgehead atoms. The SMILES string of the molecule is CC[C@H](NC(=O)c1c(CCCN2CCC(N3CCCCC3)CC2)c(-c2ccccc2)nc2cc3c(cc12)OCO3)C1CCCCC1. The maximum atomic E-state index is 14.6. The number of rotatable bonds is 10. The molecule has 0 radical (unpaired) electrons. The summed E-state index contributed by atoms with van der Waals surface area (Å²) in [6, 6.07) is 15.3. The molecule has 46 heavy (non-hydrogen) atoms. The Hall–Kier alpha value is -3.16. The monoisotopic (exact) mass is 624 g/mol. The summed E-state index contributed by atoms with van der Waals surface area (Å²) in [5.74, 6) is 1.96. The average molecular weight is 625 g/mol. The zero-order chi connectivity index (χ0) is 31.3. The lowest BCUT2D eigenvalue weighted by atomic mass is 9.82. The first-order valence-corrected chi connectivity index (χ1v) is 18.3. The molecule has 7 nitrogen and oxygen atoms in total. The van der Waals surface area contributed by atoms with Crippen LogP contribution in [0.3, 0.4) is 0 Å². The Balaban J connectivity index is 1.18. The molecule has 7 rings (SSSR count). The van der Waals surface area contributed by atoms with Gasteiger partial charge in [0, 0.05) is 29.1 Å². The van der Waals surface area contributed by atoms with Crippen LogP contribution < -0.4 is 14.8 Å². The van der Waals surface area contributed by atoms with Crippen LogP contribution >= 0.6 is 0 Å². The van der Waals surface area contributed by atoms with E-state index in [-0.39, 0.29) is 18.7 Å². The van der Waals surface area contributed by atoms with E-state index >= 15 is 0 Å². The number of amides is 1. The number of hydrogen-bond acceptors (Lipinski definition) is 6. The number of carbonyl (C=O) groups is 1. The van der Waals surface area contributed by atoms with Crippen LogP contribution in [0, 0.1) is 5.92 Å². The summed E-state index contributed by atoms with van der Waals surface area (Å²) in [6.07, 6.45) is 15.6. The van der Waals surface area contributed by atoms with Crippen molar-refractivity contribution in [1.29, 1.82) is 0 Å². The van der Waals surface area contributed by atoms with Gasteiger partial charge in [-0.05, 0) is 108 Å². The molecule has 3 fully saturated rings. The van der Waals surface area contributed by atoms with Gasteiger partial charge in [-0.2, -0.15) is 0 Å². The van der Waals surface area contributed by atoms with Crippen LogP contribution in [-0.2, 0) is 6.42 Å². The lowest BCUT2D eigenvalue weighted by Gasteiger charge is -2.40. The Morgan fingerprint density at radius 2 is 1.63 bits per heavy atom. The maximum absolute atomic E-state index is 14.6. The molecule has 0 unspecified atom stereocenters. The van der Waals surface area contributed by atoms with Crippen LogP contribution in [0.2, 0.25) is 0 Å². The van der Waals surface area contributed by atoms with Crippen molar-refractivity contribution >= 4 is 16.8 Å². The molecule has 1 saturated carbocycles. The minimum Gasteiger partial charge on any atom is -0.454 e. The van der Waals surface area contributed by atoms with E-state index in [1.165, 1.54) is 90.4 Å². The summed E-state index contributed by atoms with van der Waals surface area (Å²) in [6.45, 7) is 8.35. The molecule has 0 spiro atoms. The third-order valence-electron chi connectivity index (χ3n) is 11.2. The van der Waals surface area contributed by atoms with Gasteiger partial charge < -0.3 is 24.6 Å². The van der Waals surface area contributed by atoms with E-state index in [4.69, 9.17) is 14.5 Å². The zero-order valence-corrected chi connectivity index (χ0v) is 27.8. The van der Waals surface area contributed by atoms with Crippen LogP contribution in [0.5, 0.6) is 11.5 Å². The Morgan fingerprint density at radius 1 is 0.913 bits per heavy atom. The fourth-order valence-electron chi connectivity index (χ4n) is 8.63. The average Bonchev–Trinajstić information content (AvgIpc) is 3.58. The first-order valence-electron chi connectivity index (χ1n) is 18.3. The van der Waals surface area contributed by atoms with Gasteiger partial charge in [0.25, 0.3) is 5.91 Å². The van der Waals surface area contributed by atoms with Gasteiger partial charge in [0.05, 0.1) is 16.8 Å². The second-order valence-corrected chi connectivity index (χ2v) is 14.1. The predicted octanol–water partition coefficient (Wildman–Crippen LogP) is 7.60.